The van der Waals surface area contributed by atoms with Crippen LogP contribution in [0.5, 0.6) is 0 Å². The van der Waals surface area contributed by atoms with Crippen LogP contribution in [0.25, 0.3) is 0 Å². The molecule has 0 radical (unpaired) electrons. The lowest BCUT2D eigenvalue weighted by molar-refractivity contribution is 0.102. The average molecular weight is 329 g/mol. The highest BCUT2D eigenvalue weighted by molar-refractivity contribution is 7.11. The van der Waals surface area contributed by atoms with Gasteiger partial charge in [0.25, 0.3) is 0 Å². The molecule has 1 fully saturated rings. The second kappa shape index (κ2) is 6.71. The van der Waals surface area contributed by atoms with Crippen LogP contribution in [0.15, 0.2) is 29.3 Å². The van der Waals surface area contributed by atoms with Crippen LogP contribution in [-0.2, 0) is 6.54 Å². The average Bonchev–Trinajstić information content (AvgIpc) is 3.16. The zero-order valence-corrected chi connectivity index (χ0v) is 14.8. The van der Waals surface area contributed by atoms with Gasteiger partial charge in [-0.1, -0.05) is 11.3 Å². The second-order valence-electron chi connectivity index (χ2n) is 5.92. The number of rotatable bonds is 4. The Balaban J connectivity index is 1.95. The molecule has 0 spiro atoms. The van der Waals surface area contributed by atoms with Crippen LogP contribution in [0.1, 0.15) is 42.1 Å². The van der Waals surface area contributed by atoms with Crippen LogP contribution < -0.4 is 9.70 Å². The fourth-order valence-electron chi connectivity index (χ4n) is 3.09. The first-order valence-electron chi connectivity index (χ1n) is 8.21. The summed E-state index contributed by atoms with van der Waals surface area (Å²) in [5.41, 5.74) is 3.22. The molecule has 0 saturated carbocycles. The Morgan fingerprint density at radius 3 is 2.43 bits per heavy atom. The molecule has 0 atom stereocenters. The predicted octanol–water partition coefficient (Wildman–Crippen LogP) is 3.91. The highest BCUT2D eigenvalue weighted by atomic mass is 32.1. The van der Waals surface area contributed by atoms with Gasteiger partial charge in [-0.3, -0.25) is 4.79 Å². The van der Waals surface area contributed by atoms with Crippen molar-refractivity contribution >= 4 is 28.5 Å². The Hall–Kier alpha value is -1.88. The first-order valence-corrected chi connectivity index (χ1v) is 9.02. The van der Waals surface area contributed by atoms with E-state index < -0.39 is 0 Å². The maximum absolute atomic E-state index is 11.7. The fourth-order valence-corrected chi connectivity index (χ4v) is 4.20. The number of benzene rings is 1. The van der Waals surface area contributed by atoms with Gasteiger partial charge in [-0.05, 0) is 51.0 Å². The van der Waals surface area contributed by atoms with Crippen molar-refractivity contribution in [2.24, 2.45) is 4.99 Å². The molecule has 2 aromatic rings. The van der Waals surface area contributed by atoms with Crippen molar-refractivity contribution in [3.63, 3.8) is 0 Å². The van der Waals surface area contributed by atoms with Crippen LogP contribution in [0.2, 0.25) is 0 Å². The molecule has 122 valence electrons. The highest BCUT2D eigenvalue weighted by Gasteiger charge is 2.13. The fraction of sp³-hybridized carbons (Fsp3) is 0.444. The summed E-state index contributed by atoms with van der Waals surface area (Å²) in [6.07, 6.45) is 2.57. The molecule has 0 amide bonds. The molecule has 23 heavy (non-hydrogen) atoms. The largest absolute Gasteiger partial charge is 0.372 e. The Bertz CT molecular complexity index is 765. The minimum atomic E-state index is 0.112. The van der Waals surface area contributed by atoms with Crippen molar-refractivity contribution in [3.8, 4) is 0 Å². The number of anilines is 1. The van der Waals surface area contributed by atoms with E-state index in [2.05, 4.69) is 40.7 Å². The lowest BCUT2D eigenvalue weighted by atomic mass is 10.2. The molecule has 2 heterocycles. The van der Waals surface area contributed by atoms with Gasteiger partial charge in [0.2, 0.25) is 0 Å². The first-order chi connectivity index (χ1) is 11.1. The summed E-state index contributed by atoms with van der Waals surface area (Å²) in [7, 11) is 0. The van der Waals surface area contributed by atoms with E-state index >= 15 is 0 Å². The lowest BCUT2D eigenvalue weighted by Gasteiger charge is -2.17. The Morgan fingerprint density at radius 2 is 1.87 bits per heavy atom. The first kappa shape index (κ1) is 16.0. The maximum Gasteiger partial charge on any atom is 0.190 e. The standard InChI is InChI=1S/C18H23N3OS/c1-4-21-13(2)17(14(3)22)23-18(21)19-15-7-9-16(10-8-15)20-11-5-6-12-20/h7-10H,4-6,11-12H2,1-3H3. The molecule has 1 aliphatic rings. The molecular formula is C18H23N3OS. The van der Waals surface area contributed by atoms with Gasteiger partial charge in [0.1, 0.15) is 0 Å². The summed E-state index contributed by atoms with van der Waals surface area (Å²) < 4.78 is 2.11. The van der Waals surface area contributed by atoms with Gasteiger partial charge in [-0.25, -0.2) is 4.99 Å². The summed E-state index contributed by atoms with van der Waals surface area (Å²) >= 11 is 1.48. The predicted molar refractivity (Wildman–Crippen MR) is 95.8 cm³/mol. The molecule has 3 rings (SSSR count). The van der Waals surface area contributed by atoms with Crippen molar-refractivity contribution in [2.45, 2.75) is 40.2 Å². The number of hydrogen-bond donors (Lipinski definition) is 0. The van der Waals surface area contributed by atoms with Crippen molar-refractivity contribution < 1.29 is 4.79 Å². The number of hydrogen-bond acceptors (Lipinski definition) is 4. The van der Waals surface area contributed by atoms with Crippen LogP contribution in [0.3, 0.4) is 0 Å². The Labute approximate surface area is 141 Å². The Kier molecular flexibility index (Phi) is 4.66. The van der Waals surface area contributed by atoms with E-state index in [-0.39, 0.29) is 5.78 Å². The number of carbonyl (C=O) groups is 1. The van der Waals surface area contributed by atoms with Gasteiger partial charge >= 0.3 is 0 Å². The van der Waals surface area contributed by atoms with Crippen molar-refractivity contribution in [2.75, 3.05) is 18.0 Å². The van der Waals surface area contributed by atoms with Crippen molar-refractivity contribution in [1.29, 1.82) is 0 Å². The third-order valence-electron chi connectivity index (χ3n) is 4.34. The van der Waals surface area contributed by atoms with Gasteiger partial charge in [-0.2, -0.15) is 0 Å². The minimum absolute atomic E-state index is 0.112. The number of Topliss-reactive ketones (excluding diaryl/α,β-unsaturated/α-hetero) is 1. The maximum atomic E-state index is 11.7. The van der Waals surface area contributed by atoms with Gasteiger partial charge in [0.15, 0.2) is 10.6 Å². The monoisotopic (exact) mass is 329 g/mol. The van der Waals surface area contributed by atoms with Crippen molar-refractivity contribution in [1.82, 2.24) is 4.57 Å². The van der Waals surface area contributed by atoms with Gasteiger partial charge in [-0.15, -0.1) is 0 Å². The number of aromatic nitrogens is 1. The molecule has 1 aromatic heterocycles. The third kappa shape index (κ3) is 3.24. The topological polar surface area (TPSA) is 37.6 Å². The lowest BCUT2D eigenvalue weighted by Crippen LogP contribution is -2.17. The van der Waals surface area contributed by atoms with E-state index in [9.17, 15) is 4.79 Å². The second-order valence-corrected chi connectivity index (χ2v) is 6.90. The molecule has 5 heteroatoms. The van der Waals surface area contributed by atoms with Gasteiger partial charge < -0.3 is 9.47 Å². The summed E-state index contributed by atoms with van der Waals surface area (Å²) in [5, 5.41) is 0. The summed E-state index contributed by atoms with van der Waals surface area (Å²) in [6, 6.07) is 8.42. The van der Waals surface area contributed by atoms with Crippen LogP contribution in [0.4, 0.5) is 11.4 Å². The zero-order valence-electron chi connectivity index (χ0n) is 14.0. The highest BCUT2D eigenvalue weighted by Crippen LogP contribution is 2.23. The molecule has 1 aliphatic heterocycles. The van der Waals surface area contributed by atoms with E-state index in [1.165, 1.54) is 29.9 Å². The van der Waals surface area contributed by atoms with E-state index in [4.69, 9.17) is 4.99 Å². The molecule has 1 aromatic carbocycles. The summed E-state index contributed by atoms with van der Waals surface area (Å²) in [6.45, 7) is 8.82. The molecule has 0 N–H and O–H groups in total. The van der Waals surface area contributed by atoms with Gasteiger partial charge in [0, 0.05) is 37.9 Å². The molecule has 0 aliphatic carbocycles. The minimum Gasteiger partial charge on any atom is -0.372 e. The molecular weight excluding hydrogens is 306 g/mol. The molecule has 4 nitrogen and oxygen atoms in total. The number of nitrogens with zero attached hydrogens (tertiary/aromatic N) is 3. The van der Waals surface area contributed by atoms with Crippen LogP contribution >= 0.6 is 11.3 Å². The number of ketones is 1. The summed E-state index contributed by atoms with van der Waals surface area (Å²) in [5.74, 6) is 0.112. The smallest absolute Gasteiger partial charge is 0.190 e. The molecule has 0 unspecified atom stereocenters. The zero-order chi connectivity index (χ0) is 16.4. The normalized spacial score (nSPS) is 15.4. The van der Waals surface area contributed by atoms with Crippen molar-refractivity contribution in [3.05, 3.63) is 39.6 Å². The van der Waals surface area contributed by atoms with Crippen LogP contribution in [-0.4, -0.2) is 23.4 Å². The molecule has 0 bridgehead atoms. The Morgan fingerprint density at radius 1 is 1.22 bits per heavy atom. The quantitative estimate of drug-likeness (QED) is 0.798. The summed E-state index contributed by atoms with van der Waals surface area (Å²) in [4.78, 5) is 20.6. The van der Waals surface area contributed by atoms with E-state index in [0.717, 1.165) is 40.7 Å². The van der Waals surface area contributed by atoms with Crippen LogP contribution in [0, 0.1) is 6.92 Å². The molecule has 1 saturated heterocycles. The van der Waals surface area contributed by atoms with E-state index in [0.29, 0.717) is 0 Å². The number of thiazole rings is 1. The van der Waals surface area contributed by atoms with E-state index in [1.807, 2.05) is 6.92 Å². The third-order valence-corrected chi connectivity index (χ3v) is 5.62. The van der Waals surface area contributed by atoms with E-state index in [1.54, 1.807) is 6.92 Å². The van der Waals surface area contributed by atoms with Gasteiger partial charge in [0.05, 0.1) is 10.6 Å². The number of carbonyl (C=O) groups excluding carboxylic acids is 1. The SMILES string of the molecule is CCn1c(C)c(C(C)=O)sc1=Nc1ccc(N2CCCC2)cc1.